The number of aryl methyl sites for hydroxylation is 1. The Morgan fingerprint density at radius 1 is 1.21 bits per heavy atom. The molecule has 3 rings (SSSR count). The Hall–Kier alpha value is -1.39. The predicted octanol–water partition coefficient (Wildman–Crippen LogP) is 2.99. The molecule has 4 heteroatoms. The van der Waals surface area contributed by atoms with Crippen LogP contribution in [0, 0.1) is 6.92 Å². The van der Waals surface area contributed by atoms with Crippen LogP contribution in [0.15, 0.2) is 24.3 Å². The van der Waals surface area contributed by atoms with Crippen molar-refractivity contribution >= 4 is 5.91 Å². The lowest BCUT2D eigenvalue weighted by Crippen LogP contribution is -2.56. The summed E-state index contributed by atoms with van der Waals surface area (Å²) in [5, 5.41) is 0. The molecule has 24 heavy (non-hydrogen) atoms. The fourth-order valence-corrected chi connectivity index (χ4v) is 4.37. The van der Waals surface area contributed by atoms with Gasteiger partial charge in [0, 0.05) is 32.3 Å². The summed E-state index contributed by atoms with van der Waals surface area (Å²) in [6, 6.07) is 8.67. The van der Waals surface area contributed by atoms with Crippen LogP contribution in [0.3, 0.4) is 0 Å². The van der Waals surface area contributed by atoms with Gasteiger partial charge in [0.05, 0.1) is 13.0 Å². The average Bonchev–Trinajstić information content (AvgIpc) is 2.96. The van der Waals surface area contributed by atoms with Gasteiger partial charge in [0.2, 0.25) is 5.91 Å². The molecule has 1 amide bonds. The highest BCUT2D eigenvalue weighted by Gasteiger charge is 2.44. The van der Waals surface area contributed by atoms with Crippen molar-refractivity contribution in [2.24, 2.45) is 0 Å². The molecule has 0 saturated carbocycles. The number of methoxy groups -OCH3 is 1. The van der Waals surface area contributed by atoms with Crippen molar-refractivity contribution in [3.05, 3.63) is 35.4 Å². The van der Waals surface area contributed by atoms with Crippen molar-refractivity contribution in [3.63, 3.8) is 0 Å². The molecule has 1 unspecified atom stereocenters. The molecule has 0 aromatic heterocycles. The van der Waals surface area contributed by atoms with E-state index in [1.807, 2.05) is 0 Å². The fourth-order valence-electron chi connectivity index (χ4n) is 4.37. The minimum Gasteiger partial charge on any atom is -0.384 e. The van der Waals surface area contributed by atoms with E-state index in [-0.39, 0.29) is 11.4 Å². The lowest BCUT2D eigenvalue weighted by molar-refractivity contribution is -0.136. The van der Waals surface area contributed by atoms with Gasteiger partial charge in [0.25, 0.3) is 0 Å². The Kier molecular flexibility index (Phi) is 5.57. The maximum Gasteiger partial charge on any atom is 0.224 e. The molecule has 1 spiro atoms. The first kappa shape index (κ1) is 17.4. The van der Waals surface area contributed by atoms with Gasteiger partial charge in [-0.15, -0.1) is 0 Å². The summed E-state index contributed by atoms with van der Waals surface area (Å²) in [5.41, 5.74) is 2.97. The van der Waals surface area contributed by atoms with Gasteiger partial charge in [0.1, 0.15) is 0 Å². The largest absolute Gasteiger partial charge is 0.384 e. The van der Waals surface area contributed by atoms with Crippen molar-refractivity contribution in [3.8, 4) is 0 Å². The second kappa shape index (κ2) is 7.66. The Morgan fingerprint density at radius 3 is 2.71 bits per heavy atom. The maximum absolute atomic E-state index is 12.4. The summed E-state index contributed by atoms with van der Waals surface area (Å²) in [6.07, 6.45) is 5.29. The number of likely N-dealkylation sites (tertiary alicyclic amines) is 2. The van der Waals surface area contributed by atoms with Crippen LogP contribution in [0.25, 0.3) is 0 Å². The summed E-state index contributed by atoms with van der Waals surface area (Å²) in [4.78, 5) is 17.2. The minimum atomic E-state index is 0.184. The Labute approximate surface area is 145 Å². The van der Waals surface area contributed by atoms with E-state index < -0.39 is 0 Å². The number of benzene rings is 1. The first-order valence-corrected chi connectivity index (χ1v) is 9.21. The summed E-state index contributed by atoms with van der Waals surface area (Å²) < 4.78 is 5.08. The molecule has 0 N–H and O–H groups in total. The molecular formula is C20H30N2O2. The van der Waals surface area contributed by atoms with E-state index in [4.69, 9.17) is 4.74 Å². The van der Waals surface area contributed by atoms with E-state index in [2.05, 4.69) is 41.0 Å². The molecule has 1 aromatic carbocycles. The Bertz CT molecular complexity index is 575. The number of rotatable bonds is 5. The van der Waals surface area contributed by atoms with Crippen molar-refractivity contribution < 1.29 is 9.53 Å². The van der Waals surface area contributed by atoms with Crippen LogP contribution in [-0.2, 0) is 16.1 Å². The summed E-state index contributed by atoms with van der Waals surface area (Å²) in [6.45, 7) is 6.67. The van der Waals surface area contributed by atoms with Gasteiger partial charge in [-0.25, -0.2) is 0 Å². The zero-order valence-corrected chi connectivity index (χ0v) is 15.1. The monoisotopic (exact) mass is 330 g/mol. The summed E-state index contributed by atoms with van der Waals surface area (Å²) in [7, 11) is 1.66. The van der Waals surface area contributed by atoms with E-state index in [9.17, 15) is 4.79 Å². The average molecular weight is 330 g/mol. The zero-order chi connectivity index (χ0) is 17.0. The van der Waals surface area contributed by atoms with Crippen LogP contribution >= 0.6 is 0 Å². The number of amides is 1. The molecule has 2 aliphatic rings. The van der Waals surface area contributed by atoms with E-state index in [1.165, 1.54) is 30.4 Å². The molecule has 0 bridgehead atoms. The molecule has 2 fully saturated rings. The normalized spacial score (nSPS) is 24.7. The first-order valence-electron chi connectivity index (χ1n) is 9.21. The van der Waals surface area contributed by atoms with Crippen molar-refractivity contribution in [2.75, 3.05) is 33.4 Å². The highest BCUT2D eigenvalue weighted by atomic mass is 16.5. The molecule has 0 radical (unpaired) electrons. The number of carbonyl (C=O) groups excluding carboxylic acids is 1. The van der Waals surface area contributed by atoms with Crippen molar-refractivity contribution in [1.29, 1.82) is 0 Å². The summed E-state index contributed by atoms with van der Waals surface area (Å²) >= 11 is 0. The van der Waals surface area contributed by atoms with Gasteiger partial charge in [0.15, 0.2) is 0 Å². The van der Waals surface area contributed by atoms with Crippen LogP contribution in [-0.4, -0.2) is 54.6 Å². The minimum absolute atomic E-state index is 0.184. The van der Waals surface area contributed by atoms with Crippen LogP contribution < -0.4 is 0 Å². The number of ether oxygens (including phenoxy) is 1. The molecule has 2 saturated heterocycles. The quantitative estimate of drug-likeness (QED) is 0.832. The number of hydrogen-bond acceptors (Lipinski definition) is 3. The third-order valence-corrected chi connectivity index (χ3v) is 5.79. The molecule has 1 aromatic rings. The first-order chi connectivity index (χ1) is 11.6. The standard InChI is InChI=1S/C20H30N2O2/c1-17-7-3-4-8-18(17)15-22-13-6-11-20(22)10-5-12-21(16-20)19(23)9-14-24-2/h3-4,7-8H,5-6,9-16H2,1-2H3. The van der Waals surface area contributed by atoms with E-state index in [0.29, 0.717) is 13.0 Å². The topological polar surface area (TPSA) is 32.8 Å². The van der Waals surface area contributed by atoms with Gasteiger partial charge in [-0.05, 0) is 50.3 Å². The second-order valence-electron chi connectivity index (χ2n) is 7.34. The third kappa shape index (κ3) is 3.65. The van der Waals surface area contributed by atoms with Crippen LogP contribution in [0.1, 0.15) is 43.2 Å². The highest BCUT2D eigenvalue weighted by molar-refractivity contribution is 5.76. The van der Waals surface area contributed by atoms with E-state index in [0.717, 1.165) is 32.6 Å². The number of piperidine rings is 1. The van der Waals surface area contributed by atoms with E-state index >= 15 is 0 Å². The smallest absolute Gasteiger partial charge is 0.224 e. The Morgan fingerprint density at radius 2 is 1.96 bits per heavy atom. The van der Waals surface area contributed by atoms with Gasteiger partial charge < -0.3 is 9.64 Å². The highest BCUT2D eigenvalue weighted by Crippen LogP contribution is 2.38. The van der Waals surface area contributed by atoms with Gasteiger partial charge >= 0.3 is 0 Å². The number of carbonyl (C=O) groups is 1. The zero-order valence-electron chi connectivity index (χ0n) is 15.1. The van der Waals surface area contributed by atoms with Crippen LogP contribution in [0.4, 0.5) is 0 Å². The van der Waals surface area contributed by atoms with Gasteiger partial charge in [-0.2, -0.15) is 0 Å². The second-order valence-corrected chi connectivity index (χ2v) is 7.34. The molecule has 0 aliphatic carbocycles. The third-order valence-electron chi connectivity index (χ3n) is 5.79. The molecular weight excluding hydrogens is 300 g/mol. The molecule has 132 valence electrons. The Balaban J connectivity index is 1.70. The van der Waals surface area contributed by atoms with Crippen molar-refractivity contribution in [1.82, 2.24) is 9.80 Å². The number of hydrogen-bond donors (Lipinski definition) is 0. The molecule has 2 heterocycles. The van der Waals surface area contributed by atoms with Crippen LogP contribution in [0.2, 0.25) is 0 Å². The maximum atomic E-state index is 12.4. The predicted molar refractivity (Wildman–Crippen MR) is 95.9 cm³/mol. The van der Waals surface area contributed by atoms with E-state index in [1.54, 1.807) is 7.11 Å². The summed E-state index contributed by atoms with van der Waals surface area (Å²) in [5.74, 6) is 0.249. The van der Waals surface area contributed by atoms with Gasteiger partial charge in [-0.3, -0.25) is 9.69 Å². The lowest BCUT2D eigenvalue weighted by atomic mass is 9.86. The molecule has 1 atom stereocenters. The van der Waals surface area contributed by atoms with Crippen molar-refractivity contribution in [2.45, 2.75) is 51.1 Å². The van der Waals surface area contributed by atoms with Gasteiger partial charge in [-0.1, -0.05) is 24.3 Å². The lowest BCUT2D eigenvalue weighted by Gasteiger charge is -2.46. The molecule has 4 nitrogen and oxygen atoms in total. The fraction of sp³-hybridized carbons (Fsp3) is 0.650. The van der Waals surface area contributed by atoms with Crippen LogP contribution in [0.5, 0.6) is 0 Å². The molecule has 2 aliphatic heterocycles. The SMILES string of the molecule is COCCC(=O)N1CCCC2(CCCN2Cc2ccccc2C)C1. The number of nitrogens with zero attached hydrogens (tertiary/aromatic N) is 2.